The summed E-state index contributed by atoms with van der Waals surface area (Å²) < 4.78 is 5.56. The van der Waals surface area contributed by atoms with Gasteiger partial charge in [-0.25, -0.2) is 0 Å². The highest BCUT2D eigenvalue weighted by Crippen LogP contribution is 2.48. The fourth-order valence-electron chi connectivity index (χ4n) is 1.67. The topological polar surface area (TPSA) is 12.5 Å². The smallest absolute Gasteiger partial charge is 0.112 e. The van der Waals surface area contributed by atoms with Crippen LogP contribution in [0.2, 0.25) is 0 Å². The molecule has 13 heavy (non-hydrogen) atoms. The van der Waals surface area contributed by atoms with E-state index in [0.717, 1.165) is 6.42 Å². The largest absolute Gasteiger partial charge is 0.362 e. The number of epoxide rings is 1. The summed E-state index contributed by atoms with van der Waals surface area (Å²) in [6.07, 6.45) is 1.42. The number of rotatable bonds is 2. The van der Waals surface area contributed by atoms with Crippen LogP contribution < -0.4 is 0 Å². The van der Waals surface area contributed by atoms with Gasteiger partial charge in [-0.1, -0.05) is 31.2 Å². The molecule has 0 spiro atoms. The van der Waals surface area contributed by atoms with Gasteiger partial charge in [0.05, 0.1) is 5.60 Å². The van der Waals surface area contributed by atoms with Crippen molar-refractivity contribution in [3.8, 4) is 0 Å². The standard InChI is InChI=1S/C12H16O/c1-4-9-5-7-10(8-6-9)11-12(2,3)13-11/h5-8,11H,4H2,1-3H3. The van der Waals surface area contributed by atoms with Crippen molar-refractivity contribution in [3.63, 3.8) is 0 Å². The van der Waals surface area contributed by atoms with Crippen molar-refractivity contribution in [2.75, 3.05) is 0 Å². The first-order chi connectivity index (χ1) is 6.13. The predicted octanol–water partition coefficient (Wildman–Crippen LogP) is 3.10. The van der Waals surface area contributed by atoms with E-state index in [0.29, 0.717) is 6.10 Å². The van der Waals surface area contributed by atoms with Crippen molar-refractivity contribution >= 4 is 0 Å². The molecule has 1 fully saturated rings. The summed E-state index contributed by atoms with van der Waals surface area (Å²) in [5.74, 6) is 0. The molecule has 0 radical (unpaired) electrons. The van der Waals surface area contributed by atoms with Crippen LogP contribution in [0.1, 0.15) is 38.0 Å². The zero-order valence-electron chi connectivity index (χ0n) is 8.50. The van der Waals surface area contributed by atoms with Gasteiger partial charge in [-0.3, -0.25) is 0 Å². The van der Waals surface area contributed by atoms with E-state index in [1.54, 1.807) is 0 Å². The van der Waals surface area contributed by atoms with Crippen molar-refractivity contribution < 1.29 is 4.74 Å². The molecule has 1 aromatic rings. The van der Waals surface area contributed by atoms with Gasteiger partial charge in [-0.05, 0) is 31.4 Å². The number of hydrogen-bond donors (Lipinski definition) is 0. The van der Waals surface area contributed by atoms with Gasteiger partial charge in [0.15, 0.2) is 0 Å². The summed E-state index contributed by atoms with van der Waals surface area (Å²) in [5.41, 5.74) is 2.76. The maximum atomic E-state index is 5.56. The lowest BCUT2D eigenvalue weighted by molar-refractivity contribution is 0.325. The minimum Gasteiger partial charge on any atom is -0.362 e. The molecule has 0 amide bonds. The Kier molecular flexibility index (Phi) is 1.92. The molecule has 1 heteroatoms. The Labute approximate surface area is 79.7 Å². The fraction of sp³-hybridized carbons (Fsp3) is 0.500. The molecule has 1 saturated heterocycles. The van der Waals surface area contributed by atoms with Crippen LogP contribution in [0.4, 0.5) is 0 Å². The number of aryl methyl sites for hydroxylation is 1. The molecule has 0 aromatic heterocycles. The molecule has 1 aliphatic heterocycles. The van der Waals surface area contributed by atoms with Crippen molar-refractivity contribution in [1.82, 2.24) is 0 Å². The second-order valence-corrected chi connectivity index (χ2v) is 4.20. The summed E-state index contributed by atoms with van der Waals surface area (Å²) in [5, 5.41) is 0. The normalized spacial score (nSPS) is 24.4. The van der Waals surface area contributed by atoms with Gasteiger partial charge in [0.25, 0.3) is 0 Å². The average Bonchev–Trinajstić information content (AvgIpc) is 2.76. The van der Waals surface area contributed by atoms with Gasteiger partial charge in [-0.15, -0.1) is 0 Å². The number of hydrogen-bond acceptors (Lipinski definition) is 1. The summed E-state index contributed by atoms with van der Waals surface area (Å²) in [6, 6.07) is 8.73. The molecule has 0 aliphatic carbocycles. The van der Waals surface area contributed by atoms with Crippen LogP contribution >= 0.6 is 0 Å². The maximum Gasteiger partial charge on any atom is 0.112 e. The second-order valence-electron chi connectivity index (χ2n) is 4.20. The minimum absolute atomic E-state index is 0.0632. The Morgan fingerprint density at radius 2 is 1.77 bits per heavy atom. The molecule has 1 nitrogen and oxygen atoms in total. The molecular weight excluding hydrogens is 160 g/mol. The first-order valence-corrected chi connectivity index (χ1v) is 4.90. The molecule has 0 N–H and O–H groups in total. The summed E-state index contributed by atoms with van der Waals surface area (Å²) in [6.45, 7) is 6.43. The van der Waals surface area contributed by atoms with Crippen molar-refractivity contribution in [2.24, 2.45) is 0 Å². The molecule has 1 aliphatic rings. The molecular formula is C12H16O. The zero-order valence-corrected chi connectivity index (χ0v) is 8.50. The van der Waals surface area contributed by atoms with Crippen LogP contribution in [-0.2, 0) is 11.2 Å². The molecule has 70 valence electrons. The first-order valence-electron chi connectivity index (χ1n) is 4.90. The summed E-state index contributed by atoms with van der Waals surface area (Å²) >= 11 is 0. The predicted molar refractivity (Wildman–Crippen MR) is 53.7 cm³/mol. The third-order valence-corrected chi connectivity index (χ3v) is 2.69. The summed E-state index contributed by atoms with van der Waals surface area (Å²) in [7, 11) is 0. The minimum atomic E-state index is 0.0632. The van der Waals surface area contributed by atoms with Gasteiger partial charge < -0.3 is 4.74 Å². The SMILES string of the molecule is CCc1ccc(C2OC2(C)C)cc1. The van der Waals surface area contributed by atoms with E-state index in [4.69, 9.17) is 4.74 Å². The Morgan fingerprint density at radius 1 is 1.23 bits per heavy atom. The van der Waals surface area contributed by atoms with Crippen LogP contribution in [-0.4, -0.2) is 5.60 Å². The Balaban J connectivity index is 2.16. The second kappa shape index (κ2) is 2.85. The van der Waals surface area contributed by atoms with E-state index in [1.165, 1.54) is 11.1 Å². The average molecular weight is 176 g/mol. The highest BCUT2D eigenvalue weighted by atomic mass is 16.6. The molecule has 0 saturated carbocycles. The fourth-order valence-corrected chi connectivity index (χ4v) is 1.67. The van der Waals surface area contributed by atoms with Crippen LogP contribution in [0.3, 0.4) is 0 Å². The maximum absolute atomic E-state index is 5.56. The molecule has 1 unspecified atom stereocenters. The lowest BCUT2D eigenvalue weighted by atomic mass is 10.0. The molecule has 0 bridgehead atoms. The number of benzene rings is 1. The lowest BCUT2D eigenvalue weighted by Gasteiger charge is -2.00. The van der Waals surface area contributed by atoms with E-state index in [-0.39, 0.29) is 5.60 Å². The van der Waals surface area contributed by atoms with E-state index in [1.807, 2.05) is 0 Å². The Hall–Kier alpha value is -0.820. The third kappa shape index (κ3) is 1.61. The van der Waals surface area contributed by atoms with E-state index in [2.05, 4.69) is 45.0 Å². The summed E-state index contributed by atoms with van der Waals surface area (Å²) in [4.78, 5) is 0. The van der Waals surface area contributed by atoms with Crippen LogP contribution in [0.15, 0.2) is 24.3 Å². The monoisotopic (exact) mass is 176 g/mol. The van der Waals surface area contributed by atoms with Crippen molar-refractivity contribution in [2.45, 2.75) is 38.9 Å². The first kappa shape index (κ1) is 8.76. The zero-order chi connectivity index (χ0) is 9.47. The van der Waals surface area contributed by atoms with E-state index in [9.17, 15) is 0 Å². The van der Waals surface area contributed by atoms with Crippen LogP contribution in [0.25, 0.3) is 0 Å². The Morgan fingerprint density at radius 3 is 2.15 bits per heavy atom. The van der Waals surface area contributed by atoms with Gasteiger partial charge in [-0.2, -0.15) is 0 Å². The van der Waals surface area contributed by atoms with E-state index < -0.39 is 0 Å². The van der Waals surface area contributed by atoms with Gasteiger partial charge in [0, 0.05) is 0 Å². The number of ether oxygens (including phenoxy) is 1. The third-order valence-electron chi connectivity index (χ3n) is 2.69. The van der Waals surface area contributed by atoms with Crippen molar-refractivity contribution in [3.05, 3.63) is 35.4 Å². The highest BCUT2D eigenvalue weighted by Gasteiger charge is 2.48. The molecule has 1 atom stereocenters. The quantitative estimate of drug-likeness (QED) is 0.631. The van der Waals surface area contributed by atoms with Crippen molar-refractivity contribution in [1.29, 1.82) is 0 Å². The lowest BCUT2D eigenvalue weighted by Crippen LogP contribution is -1.97. The molecule has 2 rings (SSSR count). The molecule has 1 heterocycles. The van der Waals surface area contributed by atoms with Gasteiger partial charge in [0.1, 0.15) is 6.10 Å². The highest BCUT2D eigenvalue weighted by molar-refractivity contribution is 5.28. The van der Waals surface area contributed by atoms with E-state index >= 15 is 0 Å². The van der Waals surface area contributed by atoms with Crippen LogP contribution in [0.5, 0.6) is 0 Å². The van der Waals surface area contributed by atoms with Gasteiger partial charge >= 0.3 is 0 Å². The molecule has 1 aromatic carbocycles. The Bertz CT molecular complexity index is 297. The van der Waals surface area contributed by atoms with Gasteiger partial charge in [0.2, 0.25) is 0 Å². The van der Waals surface area contributed by atoms with Crippen LogP contribution in [0, 0.1) is 0 Å².